The van der Waals surface area contributed by atoms with Gasteiger partial charge in [0.05, 0.1) is 0 Å². The Balaban J connectivity index is 3.06. The van der Waals surface area contributed by atoms with Gasteiger partial charge in [-0.3, -0.25) is 0 Å². The standard InChI is InChI=1S/C27H55N/c1-5-7-8-9-10-11-12-13-14-15-16-17-18-19-20-21-22-23-24-25-26-28-27(3,4)6-2/h6,28H,2,5,7-26H2,1,3-4H3. The van der Waals surface area contributed by atoms with Crippen LogP contribution in [0, 0.1) is 0 Å². The predicted molar refractivity (Wildman–Crippen MR) is 130 cm³/mol. The van der Waals surface area contributed by atoms with Crippen molar-refractivity contribution in [2.75, 3.05) is 6.54 Å². The van der Waals surface area contributed by atoms with Gasteiger partial charge in [0.1, 0.15) is 0 Å². The predicted octanol–water partition coefficient (Wildman–Crippen LogP) is 9.36. The van der Waals surface area contributed by atoms with Crippen molar-refractivity contribution in [2.24, 2.45) is 0 Å². The van der Waals surface area contributed by atoms with Crippen LogP contribution in [0.1, 0.15) is 149 Å². The molecule has 0 atom stereocenters. The van der Waals surface area contributed by atoms with Gasteiger partial charge in [-0.15, -0.1) is 6.58 Å². The number of unbranched alkanes of at least 4 members (excludes halogenated alkanes) is 19. The molecule has 0 aliphatic carbocycles. The van der Waals surface area contributed by atoms with E-state index in [0.717, 1.165) is 6.54 Å². The van der Waals surface area contributed by atoms with Crippen LogP contribution in [-0.2, 0) is 0 Å². The Labute approximate surface area is 179 Å². The topological polar surface area (TPSA) is 12.0 Å². The Hall–Kier alpha value is -0.300. The summed E-state index contributed by atoms with van der Waals surface area (Å²) in [4.78, 5) is 0. The molecule has 0 unspecified atom stereocenters. The van der Waals surface area contributed by atoms with E-state index in [1.54, 1.807) is 0 Å². The van der Waals surface area contributed by atoms with Crippen LogP contribution in [-0.4, -0.2) is 12.1 Å². The fourth-order valence-electron chi connectivity index (χ4n) is 3.86. The zero-order chi connectivity index (χ0) is 20.8. The van der Waals surface area contributed by atoms with Crippen LogP contribution < -0.4 is 5.32 Å². The summed E-state index contributed by atoms with van der Waals surface area (Å²) in [6, 6.07) is 0. The van der Waals surface area contributed by atoms with E-state index >= 15 is 0 Å². The molecule has 0 saturated heterocycles. The second-order valence-electron chi connectivity index (χ2n) is 9.57. The number of rotatable bonds is 23. The van der Waals surface area contributed by atoms with Crippen molar-refractivity contribution in [1.82, 2.24) is 5.32 Å². The molecule has 0 aromatic rings. The van der Waals surface area contributed by atoms with Crippen LogP contribution in [0.3, 0.4) is 0 Å². The Kier molecular flexibility index (Phi) is 21.2. The van der Waals surface area contributed by atoms with Gasteiger partial charge in [0.2, 0.25) is 0 Å². The Morgan fingerprint density at radius 1 is 0.536 bits per heavy atom. The highest BCUT2D eigenvalue weighted by Gasteiger charge is 2.09. The summed E-state index contributed by atoms with van der Waals surface area (Å²) in [5.74, 6) is 0. The van der Waals surface area contributed by atoms with Gasteiger partial charge in [-0.1, -0.05) is 135 Å². The zero-order valence-corrected chi connectivity index (χ0v) is 20.1. The molecule has 0 bridgehead atoms. The van der Waals surface area contributed by atoms with Gasteiger partial charge in [0, 0.05) is 5.54 Å². The third kappa shape index (κ3) is 22.0. The quantitative estimate of drug-likeness (QED) is 0.135. The molecule has 0 heterocycles. The summed E-state index contributed by atoms with van der Waals surface area (Å²) < 4.78 is 0. The molecule has 1 heteroatoms. The van der Waals surface area contributed by atoms with Crippen molar-refractivity contribution in [1.29, 1.82) is 0 Å². The van der Waals surface area contributed by atoms with Gasteiger partial charge in [0.15, 0.2) is 0 Å². The molecule has 0 aromatic heterocycles. The molecule has 0 saturated carbocycles. The summed E-state index contributed by atoms with van der Waals surface area (Å²) in [6.07, 6.45) is 30.9. The minimum absolute atomic E-state index is 0.0912. The highest BCUT2D eigenvalue weighted by molar-refractivity contribution is 4.94. The largest absolute Gasteiger partial charge is 0.308 e. The van der Waals surface area contributed by atoms with Crippen molar-refractivity contribution in [3.8, 4) is 0 Å². The molecule has 0 fully saturated rings. The summed E-state index contributed by atoms with van der Waals surface area (Å²) in [5.41, 5.74) is 0.0912. The minimum Gasteiger partial charge on any atom is -0.308 e. The monoisotopic (exact) mass is 393 g/mol. The molecule has 0 aliphatic heterocycles. The minimum atomic E-state index is 0.0912. The van der Waals surface area contributed by atoms with Crippen LogP contribution in [0.15, 0.2) is 12.7 Å². The lowest BCUT2D eigenvalue weighted by molar-refractivity contribution is 0.456. The molecule has 1 nitrogen and oxygen atoms in total. The molecular formula is C27H55N. The molecular weight excluding hydrogens is 338 g/mol. The third-order valence-electron chi connectivity index (χ3n) is 6.12. The van der Waals surface area contributed by atoms with Crippen molar-refractivity contribution >= 4 is 0 Å². The summed E-state index contributed by atoms with van der Waals surface area (Å²) >= 11 is 0. The van der Waals surface area contributed by atoms with Crippen molar-refractivity contribution in [3.63, 3.8) is 0 Å². The summed E-state index contributed by atoms with van der Waals surface area (Å²) in [5, 5.41) is 3.55. The molecule has 1 N–H and O–H groups in total. The highest BCUT2D eigenvalue weighted by atomic mass is 14.9. The van der Waals surface area contributed by atoms with Crippen LogP contribution >= 0.6 is 0 Å². The van der Waals surface area contributed by atoms with E-state index in [1.165, 1.54) is 128 Å². The molecule has 0 rings (SSSR count). The summed E-state index contributed by atoms with van der Waals surface area (Å²) in [6.45, 7) is 11.7. The van der Waals surface area contributed by atoms with E-state index < -0.39 is 0 Å². The zero-order valence-electron chi connectivity index (χ0n) is 20.1. The van der Waals surface area contributed by atoms with E-state index in [0.29, 0.717) is 0 Å². The fraction of sp³-hybridized carbons (Fsp3) is 0.926. The van der Waals surface area contributed by atoms with Crippen molar-refractivity contribution in [2.45, 2.75) is 155 Å². The third-order valence-corrected chi connectivity index (χ3v) is 6.12. The molecule has 0 spiro atoms. The Bertz CT molecular complexity index is 307. The van der Waals surface area contributed by atoms with E-state index in [2.05, 4.69) is 32.7 Å². The molecule has 0 aliphatic rings. The van der Waals surface area contributed by atoms with Gasteiger partial charge < -0.3 is 5.32 Å². The van der Waals surface area contributed by atoms with Crippen LogP contribution in [0.5, 0.6) is 0 Å². The maximum absolute atomic E-state index is 3.88. The van der Waals surface area contributed by atoms with Crippen LogP contribution in [0.2, 0.25) is 0 Å². The number of hydrogen-bond acceptors (Lipinski definition) is 1. The first-order valence-corrected chi connectivity index (χ1v) is 13.0. The molecule has 0 aromatic carbocycles. The molecule has 168 valence electrons. The average molecular weight is 394 g/mol. The van der Waals surface area contributed by atoms with Gasteiger partial charge in [-0.05, 0) is 26.8 Å². The van der Waals surface area contributed by atoms with Gasteiger partial charge in [-0.2, -0.15) is 0 Å². The number of nitrogens with one attached hydrogen (secondary N) is 1. The Morgan fingerprint density at radius 2 is 0.821 bits per heavy atom. The number of hydrogen-bond donors (Lipinski definition) is 1. The first-order valence-electron chi connectivity index (χ1n) is 13.0. The van der Waals surface area contributed by atoms with E-state index in [9.17, 15) is 0 Å². The second kappa shape index (κ2) is 21.4. The van der Waals surface area contributed by atoms with Crippen LogP contribution in [0.25, 0.3) is 0 Å². The normalized spacial score (nSPS) is 11.8. The average Bonchev–Trinajstić information content (AvgIpc) is 2.69. The van der Waals surface area contributed by atoms with Crippen molar-refractivity contribution in [3.05, 3.63) is 12.7 Å². The lowest BCUT2D eigenvalue weighted by atomic mass is 10.0. The van der Waals surface area contributed by atoms with E-state index in [-0.39, 0.29) is 5.54 Å². The molecule has 28 heavy (non-hydrogen) atoms. The van der Waals surface area contributed by atoms with E-state index in [4.69, 9.17) is 0 Å². The van der Waals surface area contributed by atoms with Crippen LogP contribution in [0.4, 0.5) is 0 Å². The van der Waals surface area contributed by atoms with Gasteiger partial charge in [0.25, 0.3) is 0 Å². The fourth-order valence-corrected chi connectivity index (χ4v) is 3.86. The molecule has 0 radical (unpaired) electrons. The van der Waals surface area contributed by atoms with Gasteiger partial charge in [-0.25, -0.2) is 0 Å². The molecule has 0 amide bonds. The van der Waals surface area contributed by atoms with Gasteiger partial charge >= 0.3 is 0 Å². The Morgan fingerprint density at radius 3 is 1.11 bits per heavy atom. The first-order chi connectivity index (χ1) is 13.6. The lowest BCUT2D eigenvalue weighted by Crippen LogP contribution is -2.37. The summed E-state index contributed by atoms with van der Waals surface area (Å²) in [7, 11) is 0. The smallest absolute Gasteiger partial charge is 0.0304 e. The highest BCUT2D eigenvalue weighted by Crippen LogP contribution is 2.14. The maximum atomic E-state index is 3.88. The maximum Gasteiger partial charge on any atom is 0.0304 e. The van der Waals surface area contributed by atoms with Crippen molar-refractivity contribution < 1.29 is 0 Å². The second-order valence-corrected chi connectivity index (χ2v) is 9.57. The SMILES string of the molecule is C=CC(C)(C)NCCCCCCCCCCCCCCCCCCCCCC. The first kappa shape index (κ1) is 27.7. The lowest BCUT2D eigenvalue weighted by Gasteiger charge is -2.21. The van der Waals surface area contributed by atoms with E-state index in [1.807, 2.05) is 6.08 Å².